The minimum atomic E-state index is -0.655. The fourth-order valence-corrected chi connectivity index (χ4v) is 5.52. The first-order chi connectivity index (χ1) is 18.8. The molecule has 2 heterocycles. The molecule has 0 aliphatic carbocycles. The van der Waals surface area contributed by atoms with Gasteiger partial charge in [0, 0.05) is 42.4 Å². The molecule has 206 valence electrons. The van der Waals surface area contributed by atoms with Gasteiger partial charge in [0.2, 0.25) is 11.8 Å². The number of hydrogen-bond donors (Lipinski definition) is 1. The van der Waals surface area contributed by atoms with Gasteiger partial charge in [0.05, 0.1) is 19.0 Å². The van der Waals surface area contributed by atoms with Gasteiger partial charge in [-0.2, -0.15) is 0 Å². The second-order valence-electron chi connectivity index (χ2n) is 10.1. The van der Waals surface area contributed by atoms with Gasteiger partial charge in [-0.1, -0.05) is 55.9 Å². The summed E-state index contributed by atoms with van der Waals surface area (Å²) >= 11 is 1.30. The molecule has 0 saturated carbocycles. The molecule has 3 aromatic rings. The molecule has 1 unspecified atom stereocenters. The summed E-state index contributed by atoms with van der Waals surface area (Å²) in [6.45, 7) is 11.2. The number of anilines is 2. The van der Waals surface area contributed by atoms with Crippen molar-refractivity contribution in [3.63, 3.8) is 0 Å². The van der Waals surface area contributed by atoms with Crippen molar-refractivity contribution in [3.05, 3.63) is 77.6 Å². The number of nitrogens with zero attached hydrogens (tertiary/aromatic N) is 4. The van der Waals surface area contributed by atoms with E-state index in [1.165, 1.54) is 11.8 Å². The lowest BCUT2D eigenvalue weighted by molar-refractivity contribution is -0.138. The number of amides is 2. The Morgan fingerprint density at radius 1 is 1.00 bits per heavy atom. The van der Waals surface area contributed by atoms with E-state index in [1.807, 2.05) is 88.4 Å². The van der Waals surface area contributed by atoms with Crippen molar-refractivity contribution >= 4 is 35.0 Å². The van der Waals surface area contributed by atoms with Gasteiger partial charge in [0.25, 0.3) is 0 Å². The second-order valence-corrected chi connectivity index (χ2v) is 11.0. The van der Waals surface area contributed by atoms with E-state index in [9.17, 15) is 9.59 Å². The van der Waals surface area contributed by atoms with Crippen LogP contribution < -0.4 is 10.2 Å². The summed E-state index contributed by atoms with van der Waals surface area (Å²) in [4.78, 5) is 40.2. The number of aromatic nitrogens is 2. The number of carbonyl (C=O) groups excluding carboxylic acids is 2. The molecule has 2 aromatic carbocycles. The van der Waals surface area contributed by atoms with Crippen LogP contribution in [0, 0.1) is 19.8 Å². The van der Waals surface area contributed by atoms with Crippen molar-refractivity contribution in [1.29, 1.82) is 0 Å². The third-order valence-electron chi connectivity index (χ3n) is 6.55. The zero-order valence-electron chi connectivity index (χ0n) is 23.1. The van der Waals surface area contributed by atoms with Gasteiger partial charge in [-0.15, -0.1) is 0 Å². The minimum Gasteiger partial charge on any atom is -0.378 e. The number of carbonyl (C=O) groups is 2. The van der Waals surface area contributed by atoms with E-state index in [1.54, 1.807) is 4.90 Å². The lowest BCUT2D eigenvalue weighted by Crippen LogP contribution is -2.50. The zero-order valence-corrected chi connectivity index (χ0v) is 23.9. The Kier molecular flexibility index (Phi) is 9.95. The van der Waals surface area contributed by atoms with Crippen molar-refractivity contribution in [2.24, 2.45) is 5.92 Å². The number of ether oxygens (including phenoxy) is 1. The molecule has 1 aliphatic rings. The van der Waals surface area contributed by atoms with Gasteiger partial charge < -0.3 is 19.9 Å². The monoisotopic (exact) mass is 547 g/mol. The third-order valence-corrected chi connectivity index (χ3v) is 7.38. The van der Waals surface area contributed by atoms with Crippen LogP contribution in [0.4, 0.5) is 11.4 Å². The van der Waals surface area contributed by atoms with E-state index in [2.05, 4.69) is 20.2 Å². The molecule has 1 saturated heterocycles. The fourth-order valence-electron chi connectivity index (χ4n) is 4.69. The Hall–Kier alpha value is -3.43. The summed E-state index contributed by atoms with van der Waals surface area (Å²) in [6.07, 6.45) is 0. The van der Waals surface area contributed by atoms with Crippen LogP contribution in [0.15, 0.2) is 65.8 Å². The Labute approximate surface area is 235 Å². The quantitative estimate of drug-likeness (QED) is 0.290. The molecular weight excluding hydrogens is 510 g/mol. The summed E-state index contributed by atoms with van der Waals surface area (Å²) in [5, 5.41) is 3.62. The van der Waals surface area contributed by atoms with Crippen molar-refractivity contribution in [2.45, 2.75) is 45.4 Å². The van der Waals surface area contributed by atoms with Crippen LogP contribution in [-0.4, -0.2) is 64.8 Å². The van der Waals surface area contributed by atoms with Crippen molar-refractivity contribution in [2.75, 3.05) is 42.3 Å². The number of hydrogen-bond acceptors (Lipinski definition) is 7. The van der Waals surface area contributed by atoms with Gasteiger partial charge >= 0.3 is 0 Å². The van der Waals surface area contributed by atoms with Gasteiger partial charge in [0.15, 0.2) is 5.16 Å². The van der Waals surface area contributed by atoms with Gasteiger partial charge in [-0.25, -0.2) is 9.97 Å². The highest BCUT2D eigenvalue weighted by molar-refractivity contribution is 7.99. The zero-order chi connectivity index (χ0) is 27.8. The average Bonchev–Trinajstić information content (AvgIpc) is 2.92. The predicted molar refractivity (Wildman–Crippen MR) is 156 cm³/mol. The predicted octanol–water partition coefficient (Wildman–Crippen LogP) is 4.71. The third kappa shape index (κ3) is 8.03. The van der Waals surface area contributed by atoms with E-state index in [4.69, 9.17) is 4.74 Å². The average molecular weight is 548 g/mol. The highest BCUT2D eigenvalue weighted by Crippen LogP contribution is 2.23. The van der Waals surface area contributed by atoms with Crippen molar-refractivity contribution < 1.29 is 14.3 Å². The Bertz CT molecular complexity index is 1230. The summed E-state index contributed by atoms with van der Waals surface area (Å²) in [5.74, 6) is -0.308. The topological polar surface area (TPSA) is 87.7 Å². The molecule has 1 N–H and O–H groups in total. The number of benzene rings is 2. The van der Waals surface area contributed by atoms with Crippen LogP contribution in [0.1, 0.15) is 30.8 Å². The Balaban J connectivity index is 1.51. The van der Waals surface area contributed by atoms with E-state index in [0.29, 0.717) is 30.6 Å². The number of rotatable bonds is 10. The molecule has 1 fully saturated rings. The van der Waals surface area contributed by atoms with E-state index < -0.39 is 6.04 Å². The largest absolute Gasteiger partial charge is 0.378 e. The highest BCUT2D eigenvalue weighted by atomic mass is 32.2. The molecular formula is C30H37N5O3S. The maximum absolute atomic E-state index is 13.7. The number of thioether (sulfide) groups is 1. The van der Waals surface area contributed by atoms with Gasteiger partial charge in [-0.3, -0.25) is 9.59 Å². The maximum atomic E-state index is 13.7. The first-order valence-corrected chi connectivity index (χ1v) is 14.3. The van der Waals surface area contributed by atoms with Crippen molar-refractivity contribution in [3.8, 4) is 0 Å². The molecule has 8 nitrogen and oxygen atoms in total. The smallest absolute Gasteiger partial charge is 0.247 e. The number of morpholine rings is 1. The first-order valence-electron chi connectivity index (χ1n) is 13.3. The molecule has 0 spiro atoms. The SMILES string of the molecule is Cc1cc(C)nc(SCC(=O)N(Cc2ccccc2)C(C(=O)Nc2ccc(N3CCOCC3)cc2)C(C)C)n1. The normalized spacial score (nSPS) is 14.2. The number of aryl methyl sites for hydroxylation is 2. The molecule has 0 radical (unpaired) electrons. The second kappa shape index (κ2) is 13.6. The van der Waals surface area contributed by atoms with Crippen LogP contribution in [0.2, 0.25) is 0 Å². The summed E-state index contributed by atoms with van der Waals surface area (Å²) in [5.41, 5.74) is 4.48. The Morgan fingerprint density at radius 3 is 2.26 bits per heavy atom. The molecule has 1 aromatic heterocycles. The summed E-state index contributed by atoms with van der Waals surface area (Å²) in [6, 6.07) is 18.9. The Morgan fingerprint density at radius 2 is 1.64 bits per heavy atom. The molecule has 2 amide bonds. The number of nitrogens with one attached hydrogen (secondary N) is 1. The molecule has 9 heteroatoms. The van der Waals surface area contributed by atoms with Gasteiger partial charge in [-0.05, 0) is 55.7 Å². The standard InChI is InChI=1S/C30H37N5O3S/c1-21(2)28(29(37)33-25-10-12-26(13-11-25)34-14-16-38-17-15-34)35(19-24-8-6-5-7-9-24)27(36)20-39-30-31-22(3)18-23(4)32-30/h5-13,18,21,28H,14-17,19-20H2,1-4H3,(H,33,37). The molecule has 1 aliphatic heterocycles. The molecule has 1 atom stereocenters. The maximum Gasteiger partial charge on any atom is 0.247 e. The summed E-state index contributed by atoms with van der Waals surface area (Å²) in [7, 11) is 0. The first kappa shape index (κ1) is 28.6. The van der Waals surface area contributed by atoms with Crippen LogP contribution in [0.3, 0.4) is 0 Å². The van der Waals surface area contributed by atoms with Crippen LogP contribution >= 0.6 is 11.8 Å². The van der Waals surface area contributed by atoms with Gasteiger partial charge in [0.1, 0.15) is 6.04 Å². The minimum absolute atomic E-state index is 0.104. The summed E-state index contributed by atoms with van der Waals surface area (Å²) < 4.78 is 5.44. The van der Waals surface area contributed by atoms with E-state index in [0.717, 1.165) is 35.7 Å². The van der Waals surface area contributed by atoms with Crippen molar-refractivity contribution in [1.82, 2.24) is 14.9 Å². The van der Waals surface area contributed by atoms with Crippen LogP contribution in [0.25, 0.3) is 0 Å². The molecule has 39 heavy (non-hydrogen) atoms. The molecule has 4 rings (SSSR count). The molecule has 0 bridgehead atoms. The van der Waals surface area contributed by atoms with Crippen LogP contribution in [-0.2, 0) is 20.9 Å². The lowest BCUT2D eigenvalue weighted by Gasteiger charge is -2.34. The van der Waals surface area contributed by atoms with E-state index >= 15 is 0 Å². The van der Waals surface area contributed by atoms with Crippen LogP contribution in [0.5, 0.6) is 0 Å². The van der Waals surface area contributed by atoms with E-state index in [-0.39, 0.29) is 23.5 Å². The fraction of sp³-hybridized carbons (Fsp3) is 0.400. The highest BCUT2D eigenvalue weighted by Gasteiger charge is 2.33. The lowest BCUT2D eigenvalue weighted by atomic mass is 10.00.